The van der Waals surface area contributed by atoms with E-state index in [-0.39, 0.29) is 98.8 Å². The third kappa shape index (κ3) is 17.0. The van der Waals surface area contributed by atoms with Crippen LogP contribution in [-0.2, 0) is 28.8 Å². The van der Waals surface area contributed by atoms with Gasteiger partial charge in [-0.1, -0.05) is 17.8 Å². The lowest BCUT2D eigenvalue weighted by atomic mass is 9.91. The fourth-order valence-electron chi connectivity index (χ4n) is 3.16. The molecule has 0 spiro atoms. The van der Waals surface area contributed by atoms with E-state index in [1.807, 2.05) is 0 Å². The van der Waals surface area contributed by atoms with E-state index >= 15 is 0 Å². The standard InChI is InChI=1S/C25H33N5O6P2/c1-4-14-27-21(32)12-10-18(25(36)29-16-6-3)17-20(31)19(11-13-22(33)28-15-5-2)30-23(34)8-7-9-24(35)37-38-26/h1-3,18-19,26,37H,7-17H2,(H,27,32)(H,28,33)(H,29,36)(H,30,34)/t18-,19-/m0/s1. The Hall–Kier alpha value is -3.57. The van der Waals surface area contributed by atoms with Crippen molar-refractivity contribution in [1.29, 1.82) is 5.16 Å². The van der Waals surface area contributed by atoms with Crippen LogP contribution in [0, 0.1) is 48.1 Å². The highest BCUT2D eigenvalue weighted by atomic mass is 32.0. The summed E-state index contributed by atoms with van der Waals surface area (Å²) in [5, 5.41) is 17.1. The van der Waals surface area contributed by atoms with Gasteiger partial charge >= 0.3 is 0 Å². The van der Waals surface area contributed by atoms with E-state index in [2.05, 4.69) is 39.0 Å². The monoisotopic (exact) mass is 561 g/mol. The lowest BCUT2D eigenvalue weighted by Gasteiger charge is -2.21. The molecule has 11 nitrogen and oxygen atoms in total. The zero-order valence-electron chi connectivity index (χ0n) is 21.1. The van der Waals surface area contributed by atoms with Gasteiger partial charge in [-0.15, -0.1) is 19.3 Å². The van der Waals surface area contributed by atoms with Gasteiger partial charge < -0.3 is 21.3 Å². The maximum atomic E-state index is 13.2. The first kappa shape index (κ1) is 34.4. The molecule has 13 heteroatoms. The van der Waals surface area contributed by atoms with E-state index in [9.17, 15) is 28.8 Å². The van der Waals surface area contributed by atoms with Crippen LogP contribution in [0.1, 0.15) is 51.4 Å². The van der Waals surface area contributed by atoms with Gasteiger partial charge in [0, 0.05) is 54.4 Å². The smallest absolute Gasteiger partial charge is 0.224 e. The zero-order chi connectivity index (χ0) is 28.8. The van der Waals surface area contributed by atoms with Crippen LogP contribution in [0.5, 0.6) is 0 Å². The topological polar surface area (TPSA) is 174 Å². The van der Waals surface area contributed by atoms with Crippen molar-refractivity contribution >= 4 is 51.3 Å². The maximum Gasteiger partial charge on any atom is 0.224 e. The predicted octanol–water partition coefficient (Wildman–Crippen LogP) is 0.854. The molecular weight excluding hydrogens is 528 g/mol. The zero-order valence-corrected chi connectivity index (χ0v) is 23.0. The lowest BCUT2D eigenvalue weighted by molar-refractivity contribution is -0.132. The number of hydrogen-bond donors (Lipinski definition) is 5. The van der Waals surface area contributed by atoms with E-state index in [1.54, 1.807) is 0 Å². The van der Waals surface area contributed by atoms with Crippen LogP contribution in [-0.4, -0.2) is 60.6 Å². The summed E-state index contributed by atoms with van der Waals surface area (Å²) < 4.78 is 0. The number of rotatable bonds is 20. The largest absolute Gasteiger partial charge is 0.346 e. The van der Waals surface area contributed by atoms with E-state index in [0.29, 0.717) is 0 Å². The highest BCUT2D eigenvalue weighted by Crippen LogP contribution is 2.29. The Balaban J connectivity index is 5.41. The Morgan fingerprint density at radius 3 is 1.87 bits per heavy atom. The summed E-state index contributed by atoms with van der Waals surface area (Å²) in [4.78, 5) is 73.8. The van der Waals surface area contributed by atoms with E-state index in [4.69, 9.17) is 24.4 Å². The molecule has 1 unspecified atom stereocenters. The highest BCUT2D eigenvalue weighted by molar-refractivity contribution is 8.14. The third-order valence-electron chi connectivity index (χ3n) is 5.05. The minimum atomic E-state index is -1.08. The summed E-state index contributed by atoms with van der Waals surface area (Å²) in [5.74, 6) is 3.57. The van der Waals surface area contributed by atoms with Gasteiger partial charge in [0.1, 0.15) is 0 Å². The quantitative estimate of drug-likeness (QED) is 0.109. The third-order valence-corrected chi connectivity index (χ3v) is 6.75. The summed E-state index contributed by atoms with van der Waals surface area (Å²) in [5.41, 5.74) is -0.112. The van der Waals surface area contributed by atoms with Crippen molar-refractivity contribution in [1.82, 2.24) is 21.3 Å². The van der Waals surface area contributed by atoms with Gasteiger partial charge in [-0.25, -0.2) is 0 Å². The van der Waals surface area contributed by atoms with Crippen LogP contribution in [0.15, 0.2) is 0 Å². The van der Waals surface area contributed by atoms with E-state index in [0.717, 1.165) is 0 Å². The minimum Gasteiger partial charge on any atom is -0.346 e. The van der Waals surface area contributed by atoms with Crippen LogP contribution >= 0.6 is 16.3 Å². The van der Waals surface area contributed by atoms with Gasteiger partial charge in [0.2, 0.25) is 23.6 Å². The molecule has 4 amide bonds. The number of terminal acetylenes is 3. The second kappa shape index (κ2) is 21.5. The van der Waals surface area contributed by atoms with Crippen molar-refractivity contribution < 1.29 is 28.8 Å². The van der Waals surface area contributed by atoms with Gasteiger partial charge in [0.25, 0.3) is 0 Å². The van der Waals surface area contributed by atoms with E-state index < -0.39 is 35.5 Å². The van der Waals surface area contributed by atoms with Gasteiger partial charge in [-0.05, 0) is 19.3 Å². The molecule has 0 aliphatic rings. The Bertz CT molecular complexity index is 996. The normalized spacial score (nSPS) is 11.8. The van der Waals surface area contributed by atoms with Crippen LogP contribution in [0.25, 0.3) is 0 Å². The molecule has 5 N–H and O–H groups in total. The summed E-state index contributed by atoms with van der Waals surface area (Å²) in [7, 11) is 0.0679. The Morgan fingerprint density at radius 2 is 1.32 bits per heavy atom. The van der Waals surface area contributed by atoms with Crippen LogP contribution < -0.4 is 21.3 Å². The maximum absolute atomic E-state index is 13.2. The molecule has 0 radical (unpaired) electrons. The summed E-state index contributed by atoms with van der Waals surface area (Å²) >= 11 is 0. The molecule has 0 aromatic rings. The first-order chi connectivity index (χ1) is 18.2. The number of ketones is 1. The minimum absolute atomic E-state index is 0.00933. The number of carbonyl (C=O) groups is 6. The van der Waals surface area contributed by atoms with Crippen molar-refractivity contribution in [3.05, 3.63) is 0 Å². The summed E-state index contributed by atoms with van der Waals surface area (Å²) in [6.07, 6.45) is 15.3. The molecule has 0 saturated carbocycles. The van der Waals surface area contributed by atoms with E-state index in [1.165, 1.54) is 0 Å². The lowest BCUT2D eigenvalue weighted by Crippen LogP contribution is -2.43. The summed E-state index contributed by atoms with van der Waals surface area (Å²) in [6, 6.07) is -1.08. The van der Waals surface area contributed by atoms with Crippen LogP contribution in [0.4, 0.5) is 0 Å². The fraction of sp³-hybridized carbons (Fsp3) is 0.520. The first-order valence-electron chi connectivity index (χ1n) is 11.8. The Kier molecular flexibility index (Phi) is 19.5. The number of Topliss-reactive ketones (excluding diaryl/α,β-unsaturated/α-hetero) is 1. The van der Waals surface area contributed by atoms with Crippen molar-refractivity contribution in [3.8, 4) is 37.0 Å². The Labute approximate surface area is 226 Å². The fourth-order valence-corrected chi connectivity index (χ4v) is 4.28. The molecule has 0 heterocycles. The SMILES string of the molecule is C#CCNC(=O)CC[C@@H](CC(=O)[C@H](CCC(=O)NCC#C)NC(=O)CCCC(=O)PP=N)C(=O)NCC#C. The molecular formula is C25H33N5O6P2. The van der Waals surface area contributed by atoms with Crippen LogP contribution in [0.3, 0.4) is 0 Å². The molecule has 0 fully saturated rings. The first-order valence-corrected chi connectivity index (χ1v) is 14.5. The average molecular weight is 562 g/mol. The molecule has 0 bridgehead atoms. The highest BCUT2D eigenvalue weighted by Gasteiger charge is 2.28. The van der Waals surface area contributed by atoms with Crippen molar-refractivity contribution in [2.75, 3.05) is 19.6 Å². The van der Waals surface area contributed by atoms with Gasteiger partial charge in [-0.2, -0.15) is 0 Å². The average Bonchev–Trinajstić information content (AvgIpc) is 2.89. The van der Waals surface area contributed by atoms with Crippen molar-refractivity contribution in [3.63, 3.8) is 0 Å². The molecule has 0 aliphatic heterocycles. The van der Waals surface area contributed by atoms with Gasteiger partial charge in [-0.3, -0.25) is 33.9 Å². The van der Waals surface area contributed by atoms with Gasteiger partial charge in [0.15, 0.2) is 11.3 Å². The summed E-state index contributed by atoms with van der Waals surface area (Å²) in [6.45, 7) is -0.0346. The molecule has 0 saturated heterocycles. The molecule has 0 aromatic heterocycles. The van der Waals surface area contributed by atoms with Crippen molar-refractivity contribution in [2.24, 2.45) is 5.92 Å². The number of nitrogens with one attached hydrogen (secondary N) is 5. The molecule has 38 heavy (non-hydrogen) atoms. The van der Waals surface area contributed by atoms with Gasteiger partial charge in [0.05, 0.1) is 25.7 Å². The number of hydrogen-bond acceptors (Lipinski definition) is 7. The molecule has 204 valence electrons. The second-order valence-corrected chi connectivity index (χ2v) is 10.3. The number of carbonyl (C=O) groups excluding carboxylic acids is 6. The molecule has 3 atom stereocenters. The van der Waals surface area contributed by atoms with Crippen LogP contribution in [0.2, 0.25) is 0 Å². The van der Waals surface area contributed by atoms with Crippen molar-refractivity contribution in [2.45, 2.75) is 57.4 Å². The molecule has 0 rings (SSSR count). The number of amides is 4. The predicted molar refractivity (Wildman–Crippen MR) is 146 cm³/mol. The Morgan fingerprint density at radius 1 is 0.763 bits per heavy atom. The second-order valence-electron chi connectivity index (χ2n) is 7.95. The molecule has 0 aromatic carbocycles. The molecule has 0 aliphatic carbocycles.